The quantitative estimate of drug-likeness (QED) is 0.770. The van der Waals surface area contributed by atoms with Gasteiger partial charge in [0.15, 0.2) is 0 Å². The number of nitrogens with one attached hydrogen (secondary N) is 1. The number of nitrogens with two attached hydrogens (primary N) is 1. The van der Waals surface area contributed by atoms with Crippen LogP contribution >= 0.6 is 0 Å². The third-order valence-electron chi connectivity index (χ3n) is 2.82. The van der Waals surface area contributed by atoms with Crippen LogP contribution in [0.3, 0.4) is 0 Å². The maximum Gasteiger partial charge on any atom is 0.251 e. The van der Waals surface area contributed by atoms with E-state index in [1.807, 2.05) is 0 Å². The lowest BCUT2D eigenvalue weighted by Crippen LogP contribution is -2.33. The summed E-state index contributed by atoms with van der Waals surface area (Å²) < 4.78 is 5.09. The van der Waals surface area contributed by atoms with Crippen molar-refractivity contribution in [1.29, 1.82) is 0 Å². The zero-order valence-electron chi connectivity index (χ0n) is 10.6. The second-order valence-electron chi connectivity index (χ2n) is 3.94. The number of carbonyl (C=O) groups excluding carboxylic acids is 1. The van der Waals surface area contributed by atoms with Crippen LogP contribution in [0.15, 0.2) is 18.2 Å². The number of nitrogen functional groups attached to an aromatic ring is 1. The summed E-state index contributed by atoms with van der Waals surface area (Å²) in [5.74, 6) is 0.444. The molecule has 1 amide bonds. The van der Waals surface area contributed by atoms with E-state index in [1.165, 1.54) is 7.11 Å². The molecule has 4 heteroatoms. The number of rotatable bonds is 5. The number of hydrogen-bond acceptors (Lipinski definition) is 3. The number of amides is 1. The maximum atomic E-state index is 11.9. The first-order valence-electron chi connectivity index (χ1n) is 5.86. The molecule has 0 spiro atoms. The average molecular weight is 236 g/mol. The summed E-state index contributed by atoms with van der Waals surface area (Å²) >= 11 is 0. The summed E-state index contributed by atoms with van der Waals surface area (Å²) in [5.41, 5.74) is 6.80. The van der Waals surface area contributed by atoms with E-state index >= 15 is 0 Å². The zero-order valence-corrected chi connectivity index (χ0v) is 10.6. The molecule has 0 radical (unpaired) electrons. The van der Waals surface area contributed by atoms with Crippen molar-refractivity contribution in [3.05, 3.63) is 23.8 Å². The predicted octanol–water partition coefficient (Wildman–Crippen LogP) is 2.20. The molecule has 1 aromatic carbocycles. The van der Waals surface area contributed by atoms with Gasteiger partial charge >= 0.3 is 0 Å². The molecule has 0 atom stereocenters. The van der Waals surface area contributed by atoms with Crippen molar-refractivity contribution in [2.24, 2.45) is 0 Å². The SMILES string of the molecule is CCC(CC)NC(=O)c1ccc(N)c(OC)c1. The molecule has 94 valence electrons. The smallest absolute Gasteiger partial charge is 0.251 e. The molecule has 1 aromatic rings. The van der Waals surface area contributed by atoms with Crippen LogP contribution in [0.2, 0.25) is 0 Å². The lowest BCUT2D eigenvalue weighted by atomic mass is 10.1. The fourth-order valence-corrected chi connectivity index (χ4v) is 1.61. The van der Waals surface area contributed by atoms with Crippen LogP contribution in [0.5, 0.6) is 5.75 Å². The zero-order chi connectivity index (χ0) is 12.8. The van der Waals surface area contributed by atoms with Gasteiger partial charge in [0.25, 0.3) is 5.91 Å². The van der Waals surface area contributed by atoms with Crippen molar-refractivity contribution in [3.8, 4) is 5.75 Å². The highest BCUT2D eigenvalue weighted by Crippen LogP contribution is 2.22. The predicted molar refractivity (Wildman–Crippen MR) is 69.2 cm³/mol. The van der Waals surface area contributed by atoms with Gasteiger partial charge in [0.05, 0.1) is 12.8 Å². The average Bonchev–Trinajstić information content (AvgIpc) is 2.36. The van der Waals surface area contributed by atoms with Crippen molar-refractivity contribution < 1.29 is 9.53 Å². The Labute approximate surface area is 102 Å². The molecule has 0 unspecified atom stereocenters. The molecule has 0 saturated carbocycles. The van der Waals surface area contributed by atoms with Gasteiger partial charge in [-0.25, -0.2) is 0 Å². The van der Waals surface area contributed by atoms with Crippen LogP contribution in [-0.2, 0) is 0 Å². The van der Waals surface area contributed by atoms with Crippen molar-refractivity contribution in [1.82, 2.24) is 5.32 Å². The largest absolute Gasteiger partial charge is 0.495 e. The van der Waals surface area contributed by atoms with Crippen LogP contribution in [0.4, 0.5) is 5.69 Å². The molecule has 0 aliphatic rings. The van der Waals surface area contributed by atoms with Gasteiger partial charge in [-0.3, -0.25) is 4.79 Å². The fourth-order valence-electron chi connectivity index (χ4n) is 1.61. The molecule has 0 saturated heterocycles. The molecule has 0 aliphatic carbocycles. The summed E-state index contributed by atoms with van der Waals surface area (Å²) in [4.78, 5) is 11.9. The number of benzene rings is 1. The van der Waals surface area contributed by atoms with Crippen LogP contribution in [0, 0.1) is 0 Å². The lowest BCUT2D eigenvalue weighted by molar-refractivity contribution is 0.0934. The summed E-state index contributed by atoms with van der Waals surface area (Å²) in [6.45, 7) is 4.11. The molecule has 0 aromatic heterocycles. The van der Waals surface area contributed by atoms with Gasteiger partial charge in [-0.15, -0.1) is 0 Å². The van der Waals surface area contributed by atoms with Crippen molar-refractivity contribution in [2.75, 3.05) is 12.8 Å². The first kappa shape index (κ1) is 13.4. The van der Waals surface area contributed by atoms with E-state index in [0.717, 1.165) is 12.8 Å². The summed E-state index contributed by atoms with van der Waals surface area (Å²) in [6.07, 6.45) is 1.85. The van der Waals surface area contributed by atoms with Gasteiger partial charge in [0, 0.05) is 11.6 Å². The number of anilines is 1. The monoisotopic (exact) mass is 236 g/mol. The molecule has 1 rings (SSSR count). The number of hydrogen-bond donors (Lipinski definition) is 2. The molecule has 0 fully saturated rings. The third-order valence-corrected chi connectivity index (χ3v) is 2.82. The number of methoxy groups -OCH3 is 1. The lowest BCUT2D eigenvalue weighted by Gasteiger charge is -2.15. The second kappa shape index (κ2) is 6.13. The van der Waals surface area contributed by atoms with E-state index in [2.05, 4.69) is 19.2 Å². The maximum absolute atomic E-state index is 11.9. The van der Waals surface area contributed by atoms with E-state index in [-0.39, 0.29) is 11.9 Å². The Bertz CT molecular complexity index is 387. The number of carbonyl (C=O) groups is 1. The van der Waals surface area contributed by atoms with Gasteiger partial charge in [-0.2, -0.15) is 0 Å². The van der Waals surface area contributed by atoms with Crippen LogP contribution < -0.4 is 15.8 Å². The Hall–Kier alpha value is -1.71. The summed E-state index contributed by atoms with van der Waals surface area (Å²) in [6, 6.07) is 5.26. The highest BCUT2D eigenvalue weighted by atomic mass is 16.5. The highest BCUT2D eigenvalue weighted by molar-refractivity contribution is 5.95. The molecule has 3 N–H and O–H groups in total. The Morgan fingerprint density at radius 2 is 2.06 bits per heavy atom. The van der Waals surface area contributed by atoms with E-state index in [1.54, 1.807) is 18.2 Å². The van der Waals surface area contributed by atoms with Crippen molar-refractivity contribution in [3.63, 3.8) is 0 Å². The standard InChI is InChI=1S/C13H20N2O2/c1-4-10(5-2)15-13(16)9-6-7-11(14)12(8-9)17-3/h6-8,10H,4-5,14H2,1-3H3,(H,15,16). The first-order chi connectivity index (χ1) is 8.12. The van der Waals surface area contributed by atoms with E-state index < -0.39 is 0 Å². The Balaban J connectivity index is 2.82. The van der Waals surface area contributed by atoms with Crippen molar-refractivity contribution >= 4 is 11.6 Å². The Kier molecular flexibility index (Phi) is 4.82. The minimum Gasteiger partial charge on any atom is -0.495 e. The van der Waals surface area contributed by atoms with Gasteiger partial charge in [0.1, 0.15) is 5.75 Å². The Morgan fingerprint density at radius 1 is 1.41 bits per heavy atom. The molecular formula is C13H20N2O2. The van der Waals surface area contributed by atoms with Gasteiger partial charge in [-0.1, -0.05) is 13.8 Å². The number of ether oxygens (including phenoxy) is 1. The second-order valence-corrected chi connectivity index (χ2v) is 3.94. The molecule has 0 heterocycles. The summed E-state index contributed by atoms with van der Waals surface area (Å²) in [5, 5.41) is 2.97. The molecule has 4 nitrogen and oxygen atoms in total. The minimum atomic E-state index is -0.0861. The molecular weight excluding hydrogens is 216 g/mol. The topological polar surface area (TPSA) is 64.4 Å². The fraction of sp³-hybridized carbons (Fsp3) is 0.462. The molecule has 0 bridgehead atoms. The normalized spacial score (nSPS) is 10.4. The van der Waals surface area contributed by atoms with E-state index in [4.69, 9.17) is 10.5 Å². The van der Waals surface area contributed by atoms with E-state index in [9.17, 15) is 4.79 Å². The minimum absolute atomic E-state index is 0.0861. The first-order valence-corrected chi connectivity index (χ1v) is 5.86. The van der Waals surface area contributed by atoms with Gasteiger partial charge in [0.2, 0.25) is 0 Å². The van der Waals surface area contributed by atoms with Crippen molar-refractivity contribution in [2.45, 2.75) is 32.7 Å². The third kappa shape index (κ3) is 3.37. The van der Waals surface area contributed by atoms with Gasteiger partial charge in [-0.05, 0) is 31.0 Å². The van der Waals surface area contributed by atoms with Gasteiger partial charge < -0.3 is 15.8 Å². The molecule has 17 heavy (non-hydrogen) atoms. The van der Waals surface area contributed by atoms with Crippen LogP contribution in [0.25, 0.3) is 0 Å². The van der Waals surface area contributed by atoms with Crippen LogP contribution in [0.1, 0.15) is 37.0 Å². The molecule has 0 aliphatic heterocycles. The Morgan fingerprint density at radius 3 is 2.59 bits per heavy atom. The van der Waals surface area contributed by atoms with Crippen LogP contribution in [-0.4, -0.2) is 19.1 Å². The summed E-state index contributed by atoms with van der Waals surface area (Å²) in [7, 11) is 1.54. The van der Waals surface area contributed by atoms with E-state index in [0.29, 0.717) is 17.0 Å². The highest BCUT2D eigenvalue weighted by Gasteiger charge is 2.12.